The van der Waals surface area contributed by atoms with Gasteiger partial charge in [-0.2, -0.15) is 0 Å². The number of hydrogen-bond acceptors (Lipinski definition) is 3. The third kappa shape index (κ3) is 0.974. The fourth-order valence-corrected chi connectivity index (χ4v) is 1.40. The summed E-state index contributed by atoms with van der Waals surface area (Å²) in [5, 5.41) is 0.508. The molecule has 1 aromatic rings. The van der Waals surface area contributed by atoms with E-state index in [-0.39, 0.29) is 11.8 Å². The Kier molecular flexibility index (Phi) is 1.70. The number of pyridine rings is 1. The smallest absolute Gasteiger partial charge is 0.340 e. The zero-order valence-electron chi connectivity index (χ0n) is 5.80. The van der Waals surface area contributed by atoms with Gasteiger partial charge in [-0.3, -0.25) is 0 Å². The van der Waals surface area contributed by atoms with Gasteiger partial charge in [0.05, 0.1) is 10.6 Å². The molecule has 0 radical (unpaired) electrons. The Morgan fingerprint density at radius 3 is 3.00 bits per heavy atom. The van der Waals surface area contributed by atoms with Gasteiger partial charge in [0.15, 0.2) is 0 Å². The van der Waals surface area contributed by atoms with E-state index in [1.54, 1.807) is 0 Å². The summed E-state index contributed by atoms with van der Waals surface area (Å²) < 4.78 is 4.74. The van der Waals surface area contributed by atoms with Crippen LogP contribution in [0, 0.1) is 0 Å². The summed E-state index contributed by atoms with van der Waals surface area (Å²) in [5.74, 6) is -0.393. The maximum Gasteiger partial charge on any atom is 0.340 e. The summed E-state index contributed by atoms with van der Waals surface area (Å²) in [7, 11) is 0. The van der Waals surface area contributed by atoms with Crippen molar-refractivity contribution in [2.75, 3.05) is 0 Å². The lowest BCUT2D eigenvalue weighted by Gasteiger charge is -1.97. The Morgan fingerprint density at radius 1 is 1.50 bits per heavy atom. The molecule has 1 aliphatic rings. The second-order valence-electron chi connectivity index (χ2n) is 2.33. The molecule has 0 aliphatic carbocycles. The number of nitrogens with zero attached hydrogens (tertiary/aromatic N) is 1. The largest absolute Gasteiger partial charge is 0.457 e. The fourth-order valence-electron chi connectivity index (χ4n) is 1.03. The summed E-state index contributed by atoms with van der Waals surface area (Å²) in [5.41, 5.74) is 1.03. The van der Waals surface area contributed by atoms with Crippen molar-refractivity contribution in [1.82, 2.24) is 4.98 Å². The van der Waals surface area contributed by atoms with Gasteiger partial charge < -0.3 is 4.74 Å². The molecule has 2 rings (SSSR count). The third-order valence-corrected chi connectivity index (χ3v) is 2.44. The van der Waals surface area contributed by atoms with Crippen LogP contribution in [0.4, 0.5) is 0 Å². The van der Waals surface area contributed by atoms with Crippen LogP contribution in [0.3, 0.4) is 0 Å². The predicted octanol–water partition coefficient (Wildman–Crippen LogP) is 2.06. The number of cyclic esters (lactones) is 1. The van der Waals surface area contributed by atoms with Crippen LogP contribution in [-0.2, 0) is 11.3 Å². The molecule has 1 aliphatic heterocycles. The van der Waals surface area contributed by atoms with E-state index in [0.29, 0.717) is 16.1 Å². The van der Waals surface area contributed by atoms with Crippen molar-refractivity contribution in [3.8, 4) is 0 Å². The van der Waals surface area contributed by atoms with Crippen molar-refractivity contribution >= 4 is 29.2 Å². The second-order valence-corrected chi connectivity index (χ2v) is 3.07. The molecule has 0 fully saturated rings. The molecule has 0 N–H and O–H groups in total. The molecule has 62 valence electrons. The Morgan fingerprint density at radius 2 is 2.25 bits per heavy atom. The summed E-state index contributed by atoms with van der Waals surface area (Å²) in [6.45, 7) is 0.190. The number of halogens is 2. The summed E-state index contributed by atoms with van der Waals surface area (Å²) in [4.78, 5) is 14.7. The monoisotopic (exact) mass is 203 g/mol. The number of carbonyl (C=O) groups excluding carboxylic acids is 1. The standard InChI is InChI=1S/C7H3Cl2NO2/c8-5-4-2-12-7(11)3(4)1-10-6(5)9/h1H,2H2. The molecule has 0 bridgehead atoms. The van der Waals surface area contributed by atoms with Crippen LogP contribution in [0.15, 0.2) is 6.20 Å². The summed E-state index contributed by atoms with van der Waals surface area (Å²) >= 11 is 11.4. The van der Waals surface area contributed by atoms with Crippen LogP contribution in [0.1, 0.15) is 15.9 Å². The number of ether oxygens (including phenoxy) is 1. The van der Waals surface area contributed by atoms with Gasteiger partial charge in [-0.15, -0.1) is 0 Å². The first kappa shape index (κ1) is 7.83. The van der Waals surface area contributed by atoms with E-state index in [1.165, 1.54) is 6.20 Å². The van der Waals surface area contributed by atoms with Gasteiger partial charge >= 0.3 is 5.97 Å². The Bertz CT molecular complexity index is 365. The van der Waals surface area contributed by atoms with Gasteiger partial charge in [-0.1, -0.05) is 23.2 Å². The van der Waals surface area contributed by atoms with E-state index in [9.17, 15) is 4.79 Å². The fraction of sp³-hybridized carbons (Fsp3) is 0.143. The van der Waals surface area contributed by atoms with E-state index in [1.807, 2.05) is 0 Å². The van der Waals surface area contributed by atoms with E-state index >= 15 is 0 Å². The molecule has 2 heterocycles. The van der Waals surface area contributed by atoms with Gasteiger partial charge in [0.2, 0.25) is 0 Å². The van der Waals surface area contributed by atoms with Gasteiger partial charge in [0.25, 0.3) is 0 Å². The molecule has 0 atom stereocenters. The van der Waals surface area contributed by atoms with Crippen LogP contribution in [0.5, 0.6) is 0 Å². The molecule has 0 spiro atoms. The van der Waals surface area contributed by atoms with Gasteiger partial charge in [-0.25, -0.2) is 9.78 Å². The number of fused-ring (bicyclic) bond motifs is 1. The highest BCUT2D eigenvalue weighted by Gasteiger charge is 2.25. The topological polar surface area (TPSA) is 39.2 Å². The van der Waals surface area contributed by atoms with Crippen LogP contribution >= 0.6 is 23.2 Å². The second kappa shape index (κ2) is 2.61. The van der Waals surface area contributed by atoms with E-state index in [4.69, 9.17) is 27.9 Å². The Hall–Kier alpha value is -0.800. The zero-order chi connectivity index (χ0) is 8.72. The molecule has 5 heteroatoms. The first-order valence-electron chi connectivity index (χ1n) is 3.20. The highest BCUT2D eigenvalue weighted by atomic mass is 35.5. The molecule has 0 saturated carbocycles. The van der Waals surface area contributed by atoms with E-state index in [2.05, 4.69) is 4.98 Å². The molecule has 0 saturated heterocycles. The lowest BCUT2D eigenvalue weighted by Crippen LogP contribution is -1.94. The highest BCUT2D eigenvalue weighted by molar-refractivity contribution is 6.42. The molecular weight excluding hydrogens is 201 g/mol. The maximum atomic E-state index is 11.0. The van der Waals surface area contributed by atoms with Crippen molar-refractivity contribution in [1.29, 1.82) is 0 Å². The molecule has 3 nitrogen and oxygen atoms in total. The molecule has 0 unspecified atom stereocenters. The van der Waals surface area contributed by atoms with Gasteiger partial charge in [-0.05, 0) is 0 Å². The predicted molar refractivity (Wildman–Crippen MR) is 43.4 cm³/mol. The van der Waals surface area contributed by atoms with Crippen molar-refractivity contribution in [3.63, 3.8) is 0 Å². The minimum absolute atomic E-state index is 0.190. The number of carbonyl (C=O) groups is 1. The van der Waals surface area contributed by atoms with Crippen LogP contribution in [-0.4, -0.2) is 11.0 Å². The highest BCUT2D eigenvalue weighted by Crippen LogP contribution is 2.30. The average molecular weight is 204 g/mol. The maximum absolute atomic E-state index is 11.0. The minimum Gasteiger partial charge on any atom is -0.457 e. The molecule has 0 aromatic carbocycles. The van der Waals surface area contributed by atoms with Crippen molar-refractivity contribution in [2.24, 2.45) is 0 Å². The lowest BCUT2D eigenvalue weighted by molar-refractivity contribution is 0.0535. The summed E-state index contributed by atoms with van der Waals surface area (Å²) in [6, 6.07) is 0. The molecule has 0 amide bonds. The molecule has 1 aromatic heterocycles. The molecule has 12 heavy (non-hydrogen) atoms. The number of esters is 1. The minimum atomic E-state index is -0.393. The van der Waals surface area contributed by atoms with Crippen molar-refractivity contribution < 1.29 is 9.53 Å². The van der Waals surface area contributed by atoms with E-state index in [0.717, 1.165) is 0 Å². The SMILES string of the molecule is O=C1OCc2c1cnc(Cl)c2Cl. The number of aromatic nitrogens is 1. The third-order valence-electron chi connectivity index (χ3n) is 1.65. The quantitative estimate of drug-likeness (QED) is 0.479. The van der Waals surface area contributed by atoms with E-state index < -0.39 is 5.97 Å². The van der Waals surface area contributed by atoms with Crippen LogP contribution in [0.25, 0.3) is 0 Å². The first-order chi connectivity index (χ1) is 5.70. The first-order valence-corrected chi connectivity index (χ1v) is 3.95. The van der Waals surface area contributed by atoms with Crippen LogP contribution < -0.4 is 0 Å². The van der Waals surface area contributed by atoms with Crippen molar-refractivity contribution in [2.45, 2.75) is 6.61 Å². The Labute approximate surface area is 78.3 Å². The van der Waals surface area contributed by atoms with Crippen molar-refractivity contribution in [3.05, 3.63) is 27.5 Å². The summed E-state index contributed by atoms with van der Waals surface area (Å²) in [6.07, 6.45) is 1.37. The van der Waals surface area contributed by atoms with Crippen LogP contribution in [0.2, 0.25) is 10.2 Å². The normalized spacial score (nSPS) is 14.3. The average Bonchev–Trinajstić information content (AvgIpc) is 2.41. The zero-order valence-corrected chi connectivity index (χ0v) is 7.32. The molecular formula is C7H3Cl2NO2. The van der Waals surface area contributed by atoms with Gasteiger partial charge in [0.1, 0.15) is 11.8 Å². The Balaban J connectivity index is 2.68. The van der Waals surface area contributed by atoms with Gasteiger partial charge in [0, 0.05) is 11.8 Å². The number of hydrogen-bond donors (Lipinski definition) is 0. The number of rotatable bonds is 0. The lowest BCUT2D eigenvalue weighted by atomic mass is 10.2.